The molecule has 2 aromatic rings. The van der Waals surface area contributed by atoms with Crippen LogP contribution in [0.25, 0.3) is 0 Å². The molecule has 1 fully saturated rings. The van der Waals surface area contributed by atoms with Gasteiger partial charge in [-0.25, -0.2) is 9.79 Å². The first-order valence-corrected chi connectivity index (χ1v) is 13.5. The summed E-state index contributed by atoms with van der Waals surface area (Å²) >= 11 is 1.44. The van der Waals surface area contributed by atoms with Gasteiger partial charge in [0.25, 0.3) is 0 Å². The van der Waals surface area contributed by atoms with Gasteiger partial charge in [0.1, 0.15) is 18.1 Å². The van der Waals surface area contributed by atoms with Gasteiger partial charge in [-0.3, -0.25) is 4.79 Å². The van der Waals surface area contributed by atoms with E-state index in [0.29, 0.717) is 40.4 Å². The number of fused-ring (bicyclic) bond motifs is 1. The van der Waals surface area contributed by atoms with Crippen molar-refractivity contribution in [1.82, 2.24) is 10.2 Å². The molecule has 5 rings (SSSR count). The van der Waals surface area contributed by atoms with E-state index in [1.165, 1.54) is 24.6 Å². The molecule has 0 aromatic heterocycles. The number of allylic oxidation sites excluding steroid dienone is 1. The lowest BCUT2D eigenvalue weighted by Gasteiger charge is -2.36. The van der Waals surface area contributed by atoms with E-state index in [-0.39, 0.29) is 18.9 Å². The SMILES string of the molecule is COc1ccc([C@H]2C(C(=O)OCc3ccccc3)=C(C)N=C3SC=C(CC(=O)NCC4CC4)N32)c(OC)c1. The minimum atomic E-state index is -0.593. The summed E-state index contributed by atoms with van der Waals surface area (Å²) in [6, 6.07) is 14.5. The topological polar surface area (TPSA) is 89.5 Å². The standard InChI is InChI=1S/C29H31N3O5S/c1-18-26(28(34)37-16-20-7-5-4-6-8-20)27(23-12-11-22(35-2)14-24(23)36-3)32-21(17-38-29(32)31-18)13-25(33)30-15-19-9-10-19/h4-8,11-12,14,17,19,27H,9-10,13,15-16H2,1-3H3,(H,30,33)/t27-/m0/s1. The Hall–Kier alpha value is -3.72. The quantitative estimate of drug-likeness (QED) is 0.433. The number of aliphatic imine (C=N–C) groups is 1. The predicted molar refractivity (Wildman–Crippen MR) is 147 cm³/mol. The largest absolute Gasteiger partial charge is 0.497 e. The molecule has 2 aromatic carbocycles. The number of rotatable bonds is 10. The van der Waals surface area contributed by atoms with Crippen molar-refractivity contribution in [2.24, 2.45) is 10.9 Å². The number of methoxy groups -OCH3 is 2. The number of nitrogens with zero attached hydrogens (tertiary/aromatic N) is 2. The van der Waals surface area contributed by atoms with Crippen LogP contribution in [0.1, 0.15) is 43.4 Å². The number of nitrogens with one attached hydrogen (secondary N) is 1. The third-order valence-corrected chi connectivity index (χ3v) is 7.68. The second kappa shape index (κ2) is 11.3. The van der Waals surface area contributed by atoms with Crippen LogP contribution in [0.4, 0.5) is 0 Å². The maximum Gasteiger partial charge on any atom is 0.338 e. The fourth-order valence-corrected chi connectivity index (χ4v) is 5.54. The third-order valence-electron chi connectivity index (χ3n) is 6.80. The molecular formula is C29H31N3O5S. The molecule has 198 valence electrons. The van der Waals surface area contributed by atoms with E-state index in [9.17, 15) is 9.59 Å². The van der Waals surface area contributed by atoms with Gasteiger partial charge in [-0.1, -0.05) is 42.1 Å². The number of carbonyl (C=O) groups excluding carboxylic acids is 2. The van der Waals surface area contributed by atoms with Crippen molar-refractivity contribution in [2.45, 2.75) is 38.8 Å². The van der Waals surface area contributed by atoms with Gasteiger partial charge >= 0.3 is 5.97 Å². The molecule has 1 atom stereocenters. The smallest absolute Gasteiger partial charge is 0.338 e. The number of amides is 1. The number of ether oxygens (including phenoxy) is 3. The summed E-state index contributed by atoms with van der Waals surface area (Å²) in [6.07, 6.45) is 2.51. The molecule has 1 saturated carbocycles. The van der Waals surface area contributed by atoms with Crippen LogP contribution in [0.5, 0.6) is 11.5 Å². The molecule has 0 spiro atoms. The van der Waals surface area contributed by atoms with Gasteiger partial charge in [-0.2, -0.15) is 0 Å². The van der Waals surface area contributed by atoms with Crippen molar-refractivity contribution >= 4 is 28.8 Å². The summed E-state index contributed by atoms with van der Waals surface area (Å²) in [5.74, 6) is 1.27. The molecule has 9 heteroatoms. The molecule has 0 radical (unpaired) electrons. The summed E-state index contributed by atoms with van der Waals surface area (Å²) < 4.78 is 16.9. The summed E-state index contributed by atoms with van der Waals surface area (Å²) in [7, 11) is 3.18. The predicted octanol–water partition coefficient (Wildman–Crippen LogP) is 4.94. The molecule has 1 amide bonds. The van der Waals surface area contributed by atoms with E-state index in [2.05, 4.69) is 5.32 Å². The van der Waals surface area contributed by atoms with Crippen LogP contribution in [0.2, 0.25) is 0 Å². The Balaban J connectivity index is 1.49. The average molecular weight is 534 g/mol. The summed E-state index contributed by atoms with van der Waals surface area (Å²) in [6.45, 7) is 2.65. The number of esters is 1. The number of benzene rings is 2. The van der Waals surface area contributed by atoms with Crippen LogP contribution >= 0.6 is 11.8 Å². The van der Waals surface area contributed by atoms with Crippen molar-refractivity contribution in [1.29, 1.82) is 0 Å². The maximum atomic E-state index is 13.6. The van der Waals surface area contributed by atoms with Crippen LogP contribution in [0, 0.1) is 5.92 Å². The first kappa shape index (κ1) is 25.9. The number of amidine groups is 1. The van der Waals surface area contributed by atoms with Gasteiger partial charge in [0.05, 0.1) is 38.0 Å². The fraction of sp³-hybridized carbons (Fsp3) is 0.345. The first-order chi connectivity index (χ1) is 18.5. The molecule has 0 unspecified atom stereocenters. The van der Waals surface area contributed by atoms with Crippen LogP contribution < -0.4 is 14.8 Å². The fourth-order valence-electron chi connectivity index (χ4n) is 4.58. The third kappa shape index (κ3) is 5.57. The first-order valence-electron chi connectivity index (χ1n) is 12.6. The summed E-state index contributed by atoms with van der Waals surface area (Å²) in [5.41, 5.74) is 3.38. The Morgan fingerprint density at radius 2 is 1.89 bits per heavy atom. The van der Waals surface area contributed by atoms with Crippen molar-refractivity contribution in [3.63, 3.8) is 0 Å². The minimum Gasteiger partial charge on any atom is -0.497 e. The Morgan fingerprint density at radius 1 is 1.11 bits per heavy atom. The maximum absolute atomic E-state index is 13.6. The molecule has 0 saturated heterocycles. The van der Waals surface area contributed by atoms with E-state index in [1.54, 1.807) is 20.3 Å². The number of hydrogen-bond acceptors (Lipinski definition) is 8. The van der Waals surface area contributed by atoms with Crippen LogP contribution in [-0.2, 0) is 20.9 Å². The molecule has 1 aliphatic carbocycles. The number of carbonyl (C=O) groups is 2. The molecule has 2 aliphatic heterocycles. The molecule has 2 heterocycles. The summed E-state index contributed by atoms with van der Waals surface area (Å²) in [5, 5.41) is 5.68. The Morgan fingerprint density at radius 3 is 2.61 bits per heavy atom. The molecule has 3 aliphatic rings. The molecule has 0 bridgehead atoms. The van der Waals surface area contributed by atoms with Crippen LogP contribution in [0.15, 0.2) is 75.9 Å². The van der Waals surface area contributed by atoms with Crippen LogP contribution in [0.3, 0.4) is 0 Å². The Kier molecular flexibility index (Phi) is 7.74. The second-order valence-corrected chi connectivity index (χ2v) is 10.3. The molecular weight excluding hydrogens is 502 g/mol. The van der Waals surface area contributed by atoms with Gasteiger partial charge in [0.15, 0.2) is 5.17 Å². The lowest BCUT2D eigenvalue weighted by molar-refractivity contribution is -0.141. The zero-order valence-electron chi connectivity index (χ0n) is 21.7. The van der Waals surface area contributed by atoms with E-state index < -0.39 is 12.0 Å². The zero-order chi connectivity index (χ0) is 26.6. The average Bonchev–Trinajstić information content (AvgIpc) is 3.70. The van der Waals surface area contributed by atoms with Crippen molar-refractivity contribution < 1.29 is 23.8 Å². The van der Waals surface area contributed by atoms with E-state index in [0.717, 1.165) is 16.8 Å². The molecule has 38 heavy (non-hydrogen) atoms. The van der Waals surface area contributed by atoms with E-state index >= 15 is 0 Å². The highest BCUT2D eigenvalue weighted by Gasteiger charge is 2.42. The molecule has 1 N–H and O–H groups in total. The normalized spacial score (nSPS) is 18.4. The second-order valence-electron chi connectivity index (χ2n) is 9.49. The monoisotopic (exact) mass is 533 g/mol. The van der Waals surface area contributed by atoms with E-state index in [1.807, 2.05) is 59.7 Å². The molecule has 8 nitrogen and oxygen atoms in total. The Labute approximate surface area is 226 Å². The lowest BCUT2D eigenvalue weighted by atomic mass is 9.93. The zero-order valence-corrected chi connectivity index (χ0v) is 22.5. The van der Waals surface area contributed by atoms with Gasteiger partial charge in [-0.15, -0.1) is 0 Å². The van der Waals surface area contributed by atoms with Gasteiger partial charge in [0, 0.05) is 23.9 Å². The highest BCUT2D eigenvalue weighted by Crippen LogP contribution is 2.47. The van der Waals surface area contributed by atoms with Gasteiger partial charge < -0.3 is 24.4 Å². The summed E-state index contributed by atoms with van der Waals surface area (Å²) in [4.78, 5) is 33.2. The highest BCUT2D eigenvalue weighted by molar-refractivity contribution is 8.16. The number of hydrogen-bond donors (Lipinski definition) is 1. The van der Waals surface area contributed by atoms with Crippen molar-refractivity contribution in [2.75, 3.05) is 20.8 Å². The van der Waals surface area contributed by atoms with Crippen LogP contribution in [-0.4, -0.2) is 42.7 Å². The van der Waals surface area contributed by atoms with E-state index in [4.69, 9.17) is 19.2 Å². The number of thioether (sulfide) groups is 1. The lowest BCUT2D eigenvalue weighted by Crippen LogP contribution is -2.38. The minimum absolute atomic E-state index is 0.0510. The van der Waals surface area contributed by atoms with Gasteiger partial charge in [0.2, 0.25) is 5.91 Å². The van der Waals surface area contributed by atoms with Crippen molar-refractivity contribution in [3.8, 4) is 11.5 Å². The highest BCUT2D eigenvalue weighted by atomic mass is 32.2. The van der Waals surface area contributed by atoms with Gasteiger partial charge in [-0.05, 0) is 48.8 Å². The Bertz CT molecular complexity index is 1320. The van der Waals surface area contributed by atoms with Crippen molar-refractivity contribution in [3.05, 3.63) is 82.0 Å².